The van der Waals surface area contributed by atoms with Crippen LogP contribution in [0.2, 0.25) is 0 Å². The van der Waals surface area contributed by atoms with Crippen LogP contribution in [0.25, 0.3) is 0 Å². The Morgan fingerprint density at radius 1 is 1.12 bits per heavy atom. The maximum atomic E-state index is 13.0. The van der Waals surface area contributed by atoms with Crippen LogP contribution in [-0.4, -0.2) is 32.1 Å². The number of rotatable bonds is 7. The molecule has 0 bridgehead atoms. The number of hydrogen-bond donors (Lipinski definition) is 0. The van der Waals surface area contributed by atoms with E-state index in [1.54, 1.807) is 21.3 Å². The van der Waals surface area contributed by atoms with Crippen molar-refractivity contribution in [1.29, 1.82) is 0 Å². The maximum Gasteiger partial charge on any atom is 0.255 e. The normalized spacial score (nSPS) is 14.0. The van der Waals surface area contributed by atoms with Crippen LogP contribution in [0.5, 0.6) is 11.5 Å². The highest BCUT2D eigenvalue weighted by atomic mass is 16.5. The third-order valence-electron chi connectivity index (χ3n) is 4.73. The van der Waals surface area contributed by atoms with Gasteiger partial charge in [0, 0.05) is 18.5 Å². The van der Waals surface area contributed by atoms with Crippen molar-refractivity contribution in [2.45, 2.75) is 19.0 Å². The van der Waals surface area contributed by atoms with E-state index in [0.29, 0.717) is 30.2 Å². The van der Waals surface area contributed by atoms with Gasteiger partial charge < -0.3 is 19.1 Å². The molecule has 1 aliphatic rings. The first kappa shape index (κ1) is 17.9. The van der Waals surface area contributed by atoms with Crippen LogP contribution in [0.15, 0.2) is 54.8 Å². The standard InChI is InChI=1S/C21H23NO4/c1-14(24-2)11-18(15-9-10-19(25-3)20(12-15)26-4)22-13-16-7-5-6-8-17(16)21(22)23/h5-10,12,18H,1,11,13H2,2-4H3. The zero-order valence-corrected chi connectivity index (χ0v) is 15.3. The topological polar surface area (TPSA) is 48.0 Å². The second kappa shape index (κ2) is 7.52. The van der Waals surface area contributed by atoms with Gasteiger partial charge in [0.05, 0.1) is 33.1 Å². The molecule has 136 valence electrons. The van der Waals surface area contributed by atoms with E-state index in [0.717, 1.165) is 16.7 Å². The Bertz CT molecular complexity index is 831. The van der Waals surface area contributed by atoms with Crippen molar-refractivity contribution >= 4 is 5.91 Å². The maximum absolute atomic E-state index is 13.0. The van der Waals surface area contributed by atoms with Crippen molar-refractivity contribution in [3.63, 3.8) is 0 Å². The fraction of sp³-hybridized carbons (Fsp3) is 0.286. The molecular formula is C21H23NO4. The summed E-state index contributed by atoms with van der Waals surface area (Å²) in [4.78, 5) is 14.8. The first-order valence-electron chi connectivity index (χ1n) is 8.41. The lowest BCUT2D eigenvalue weighted by Gasteiger charge is -2.29. The predicted molar refractivity (Wildman–Crippen MR) is 99.4 cm³/mol. The highest BCUT2D eigenvalue weighted by Crippen LogP contribution is 2.38. The molecule has 2 aromatic carbocycles. The average Bonchev–Trinajstić information content (AvgIpc) is 3.02. The third kappa shape index (κ3) is 3.25. The van der Waals surface area contributed by atoms with E-state index in [9.17, 15) is 4.79 Å². The molecule has 1 unspecified atom stereocenters. The van der Waals surface area contributed by atoms with Crippen molar-refractivity contribution in [2.75, 3.05) is 21.3 Å². The van der Waals surface area contributed by atoms with E-state index in [1.165, 1.54) is 0 Å². The van der Waals surface area contributed by atoms with Crippen molar-refractivity contribution in [2.24, 2.45) is 0 Å². The number of hydrogen-bond acceptors (Lipinski definition) is 4. The Balaban J connectivity index is 1.99. The van der Waals surface area contributed by atoms with Gasteiger partial charge in [-0.15, -0.1) is 0 Å². The molecule has 0 N–H and O–H groups in total. The summed E-state index contributed by atoms with van der Waals surface area (Å²) in [5, 5.41) is 0. The second-order valence-corrected chi connectivity index (χ2v) is 6.17. The Morgan fingerprint density at radius 3 is 2.50 bits per heavy atom. The lowest BCUT2D eigenvalue weighted by Crippen LogP contribution is -2.29. The van der Waals surface area contributed by atoms with Gasteiger partial charge in [0.1, 0.15) is 0 Å². The molecule has 26 heavy (non-hydrogen) atoms. The van der Waals surface area contributed by atoms with Crippen LogP contribution in [0.4, 0.5) is 0 Å². The van der Waals surface area contributed by atoms with Gasteiger partial charge in [-0.2, -0.15) is 0 Å². The molecule has 1 heterocycles. The van der Waals surface area contributed by atoms with E-state index in [2.05, 4.69) is 6.58 Å². The lowest BCUT2D eigenvalue weighted by atomic mass is 10.0. The molecule has 5 heteroatoms. The second-order valence-electron chi connectivity index (χ2n) is 6.17. The van der Waals surface area contributed by atoms with E-state index >= 15 is 0 Å². The number of amides is 1. The smallest absolute Gasteiger partial charge is 0.255 e. The van der Waals surface area contributed by atoms with Gasteiger partial charge in [0.2, 0.25) is 0 Å². The summed E-state index contributed by atoms with van der Waals surface area (Å²) >= 11 is 0. The van der Waals surface area contributed by atoms with Crippen LogP contribution < -0.4 is 9.47 Å². The minimum absolute atomic E-state index is 0.0179. The highest BCUT2D eigenvalue weighted by Gasteiger charge is 2.34. The zero-order valence-electron chi connectivity index (χ0n) is 15.3. The molecule has 5 nitrogen and oxygen atoms in total. The van der Waals surface area contributed by atoms with Gasteiger partial charge in [-0.3, -0.25) is 4.79 Å². The number of ether oxygens (including phenoxy) is 3. The summed E-state index contributed by atoms with van der Waals surface area (Å²) in [6.45, 7) is 4.50. The molecule has 3 rings (SSSR count). The summed E-state index contributed by atoms with van der Waals surface area (Å²) < 4.78 is 16.0. The number of carbonyl (C=O) groups excluding carboxylic acids is 1. The molecule has 0 saturated carbocycles. The Labute approximate surface area is 153 Å². The van der Waals surface area contributed by atoms with Crippen LogP contribution >= 0.6 is 0 Å². The first-order chi connectivity index (χ1) is 12.6. The van der Waals surface area contributed by atoms with Gasteiger partial charge >= 0.3 is 0 Å². The van der Waals surface area contributed by atoms with Gasteiger partial charge in [-0.1, -0.05) is 30.8 Å². The van der Waals surface area contributed by atoms with E-state index in [4.69, 9.17) is 14.2 Å². The molecule has 0 aliphatic carbocycles. The minimum Gasteiger partial charge on any atom is -0.502 e. The summed E-state index contributed by atoms with van der Waals surface area (Å²) in [6, 6.07) is 13.2. The summed E-state index contributed by atoms with van der Waals surface area (Å²) in [5.41, 5.74) is 2.73. The fourth-order valence-corrected chi connectivity index (χ4v) is 3.30. The van der Waals surface area contributed by atoms with Crippen LogP contribution in [-0.2, 0) is 11.3 Å². The minimum atomic E-state index is -0.206. The molecule has 0 saturated heterocycles. The van der Waals surface area contributed by atoms with Crippen molar-refractivity contribution < 1.29 is 19.0 Å². The third-order valence-corrected chi connectivity index (χ3v) is 4.73. The highest BCUT2D eigenvalue weighted by molar-refractivity contribution is 5.98. The van der Waals surface area contributed by atoms with Crippen molar-refractivity contribution in [1.82, 2.24) is 4.90 Å². The summed E-state index contributed by atoms with van der Waals surface area (Å²) in [6.07, 6.45) is 0.506. The largest absolute Gasteiger partial charge is 0.502 e. The number of benzene rings is 2. The van der Waals surface area contributed by atoms with Crippen molar-refractivity contribution in [3.8, 4) is 11.5 Å². The summed E-state index contributed by atoms with van der Waals surface area (Å²) in [7, 11) is 4.79. The predicted octanol–water partition coefficient (Wildman–Crippen LogP) is 3.95. The van der Waals surface area contributed by atoms with Crippen molar-refractivity contribution in [3.05, 3.63) is 71.5 Å². The van der Waals surface area contributed by atoms with Crippen LogP contribution in [0, 0.1) is 0 Å². The number of methoxy groups -OCH3 is 3. The molecule has 0 spiro atoms. The SMILES string of the molecule is C=C(CC(c1ccc(OC)c(OC)c1)N1Cc2ccccc2C1=O)OC. The number of nitrogens with zero attached hydrogens (tertiary/aromatic N) is 1. The molecule has 2 aromatic rings. The Morgan fingerprint density at radius 2 is 1.85 bits per heavy atom. The van der Waals surface area contributed by atoms with E-state index in [1.807, 2.05) is 47.4 Å². The molecule has 0 fully saturated rings. The Kier molecular flexibility index (Phi) is 5.16. The Hall–Kier alpha value is -2.95. The number of fused-ring (bicyclic) bond motifs is 1. The van der Waals surface area contributed by atoms with E-state index in [-0.39, 0.29) is 11.9 Å². The average molecular weight is 353 g/mol. The molecule has 0 radical (unpaired) electrons. The summed E-state index contributed by atoms with van der Waals surface area (Å²) in [5.74, 6) is 1.91. The van der Waals surface area contributed by atoms with Crippen LogP contribution in [0.1, 0.15) is 33.9 Å². The first-order valence-corrected chi connectivity index (χ1v) is 8.41. The fourth-order valence-electron chi connectivity index (χ4n) is 3.30. The number of carbonyl (C=O) groups is 1. The molecular weight excluding hydrogens is 330 g/mol. The molecule has 1 aliphatic heterocycles. The van der Waals surface area contributed by atoms with Crippen LogP contribution in [0.3, 0.4) is 0 Å². The van der Waals surface area contributed by atoms with Gasteiger partial charge in [-0.25, -0.2) is 0 Å². The monoisotopic (exact) mass is 353 g/mol. The molecule has 0 aromatic heterocycles. The lowest BCUT2D eigenvalue weighted by molar-refractivity contribution is 0.0685. The molecule has 1 atom stereocenters. The quantitative estimate of drug-likeness (QED) is 0.707. The zero-order chi connectivity index (χ0) is 18.7. The van der Waals surface area contributed by atoms with Gasteiger partial charge in [0.25, 0.3) is 5.91 Å². The van der Waals surface area contributed by atoms with Gasteiger partial charge in [-0.05, 0) is 29.3 Å². The molecule has 1 amide bonds. The van der Waals surface area contributed by atoms with E-state index < -0.39 is 0 Å². The van der Waals surface area contributed by atoms with Gasteiger partial charge in [0.15, 0.2) is 11.5 Å².